The van der Waals surface area contributed by atoms with Crippen LogP contribution >= 0.6 is 0 Å². The van der Waals surface area contributed by atoms with Crippen molar-refractivity contribution in [1.29, 1.82) is 0 Å². The lowest BCUT2D eigenvalue weighted by atomic mass is 9.97. The fourth-order valence-electron chi connectivity index (χ4n) is 1.02. The molecule has 3 nitrogen and oxygen atoms in total. The Morgan fingerprint density at radius 2 is 2.18 bits per heavy atom. The van der Waals surface area contributed by atoms with Gasteiger partial charge >= 0.3 is 0 Å². The number of carbonyl (C=O) groups is 1. The van der Waals surface area contributed by atoms with Crippen molar-refractivity contribution < 1.29 is 15.0 Å². The van der Waals surface area contributed by atoms with E-state index in [0.717, 1.165) is 12.8 Å². The second-order valence-corrected chi connectivity index (χ2v) is 2.91. The highest BCUT2D eigenvalue weighted by molar-refractivity contribution is 5.64. The average molecular weight is 159 g/mol. The van der Waals surface area contributed by atoms with Gasteiger partial charge in [0.25, 0.3) is 0 Å². The molecule has 0 aliphatic rings. The van der Waals surface area contributed by atoms with Crippen LogP contribution in [0.2, 0.25) is 0 Å². The van der Waals surface area contributed by atoms with Crippen molar-refractivity contribution in [3.8, 4) is 0 Å². The largest absolute Gasteiger partial charge is 0.550 e. The molecule has 1 N–H and O–H groups in total. The molecule has 0 aliphatic carbocycles. The van der Waals surface area contributed by atoms with Crippen LogP contribution in [-0.4, -0.2) is 17.2 Å². The van der Waals surface area contributed by atoms with Gasteiger partial charge in [0.15, 0.2) is 0 Å². The quantitative estimate of drug-likeness (QED) is 0.610. The first-order chi connectivity index (χ1) is 5.07. The number of rotatable bonds is 5. The van der Waals surface area contributed by atoms with Crippen LogP contribution in [0.15, 0.2) is 0 Å². The molecular formula is C8H15O3-. The summed E-state index contributed by atoms with van der Waals surface area (Å²) >= 11 is 0. The number of aliphatic hydroxyl groups excluding tert-OH is 1. The predicted octanol–water partition coefficient (Wildman–Crippen LogP) is -0.0765. The summed E-state index contributed by atoms with van der Waals surface area (Å²) in [6, 6.07) is 0. The molecule has 0 fully saturated rings. The first-order valence-corrected chi connectivity index (χ1v) is 3.95. The van der Waals surface area contributed by atoms with Gasteiger partial charge in [0, 0.05) is 12.4 Å². The van der Waals surface area contributed by atoms with E-state index in [-0.39, 0.29) is 12.3 Å². The molecular weight excluding hydrogens is 144 g/mol. The Balaban J connectivity index is 3.63. The molecule has 66 valence electrons. The van der Waals surface area contributed by atoms with Crippen molar-refractivity contribution in [2.75, 3.05) is 0 Å². The van der Waals surface area contributed by atoms with E-state index < -0.39 is 12.1 Å². The minimum Gasteiger partial charge on any atom is -0.550 e. The van der Waals surface area contributed by atoms with Crippen molar-refractivity contribution in [3.63, 3.8) is 0 Å². The van der Waals surface area contributed by atoms with Gasteiger partial charge in [-0.25, -0.2) is 0 Å². The number of aliphatic carboxylic acids is 1. The van der Waals surface area contributed by atoms with Crippen LogP contribution in [-0.2, 0) is 4.79 Å². The van der Waals surface area contributed by atoms with E-state index >= 15 is 0 Å². The van der Waals surface area contributed by atoms with Crippen molar-refractivity contribution >= 4 is 5.97 Å². The number of hydrogen-bond acceptors (Lipinski definition) is 3. The van der Waals surface area contributed by atoms with Gasteiger partial charge < -0.3 is 15.0 Å². The Morgan fingerprint density at radius 3 is 2.55 bits per heavy atom. The molecule has 0 saturated carbocycles. The van der Waals surface area contributed by atoms with Crippen molar-refractivity contribution in [2.24, 2.45) is 5.92 Å². The summed E-state index contributed by atoms with van der Waals surface area (Å²) in [6.07, 6.45) is 0.820. The highest BCUT2D eigenvalue weighted by Crippen LogP contribution is 2.12. The van der Waals surface area contributed by atoms with Gasteiger partial charge in [-0.1, -0.05) is 20.3 Å². The van der Waals surface area contributed by atoms with E-state index in [4.69, 9.17) is 0 Å². The molecule has 2 atom stereocenters. The van der Waals surface area contributed by atoms with E-state index in [1.54, 1.807) is 0 Å². The molecule has 0 spiro atoms. The fourth-order valence-corrected chi connectivity index (χ4v) is 1.02. The molecule has 3 heteroatoms. The smallest absolute Gasteiger partial charge is 0.0617 e. The van der Waals surface area contributed by atoms with Gasteiger partial charge in [-0.15, -0.1) is 0 Å². The monoisotopic (exact) mass is 159 g/mol. The van der Waals surface area contributed by atoms with E-state index in [0.29, 0.717) is 0 Å². The van der Waals surface area contributed by atoms with Crippen LogP contribution in [0.4, 0.5) is 0 Å². The Bertz CT molecular complexity index is 123. The van der Waals surface area contributed by atoms with Crippen LogP contribution < -0.4 is 5.11 Å². The van der Waals surface area contributed by atoms with Crippen LogP contribution in [0, 0.1) is 5.92 Å². The molecule has 0 aromatic carbocycles. The van der Waals surface area contributed by atoms with Crippen LogP contribution in [0.25, 0.3) is 0 Å². The topological polar surface area (TPSA) is 60.4 Å². The Kier molecular flexibility index (Phi) is 4.86. The summed E-state index contributed by atoms with van der Waals surface area (Å²) in [5.41, 5.74) is 0. The number of carbonyl (C=O) groups excluding carboxylic acids is 1. The molecule has 2 unspecified atom stereocenters. The third kappa shape index (κ3) is 4.79. The first-order valence-electron chi connectivity index (χ1n) is 3.95. The van der Waals surface area contributed by atoms with Crippen LogP contribution in [0.1, 0.15) is 33.1 Å². The second-order valence-electron chi connectivity index (χ2n) is 2.91. The van der Waals surface area contributed by atoms with Gasteiger partial charge in [-0.2, -0.15) is 0 Å². The summed E-state index contributed by atoms with van der Waals surface area (Å²) in [5.74, 6) is -1.13. The molecule has 11 heavy (non-hydrogen) atoms. The molecule has 0 aromatic heterocycles. The maximum absolute atomic E-state index is 10.0. The Labute approximate surface area is 67.0 Å². The molecule has 0 amide bonds. The predicted molar refractivity (Wildman–Crippen MR) is 39.7 cm³/mol. The lowest BCUT2D eigenvalue weighted by Gasteiger charge is -2.18. The lowest BCUT2D eigenvalue weighted by molar-refractivity contribution is -0.307. The molecule has 0 heterocycles. The number of carboxylic acid groups (broad SMARTS) is 1. The minimum atomic E-state index is -1.18. The molecule has 0 radical (unpaired) electrons. The summed E-state index contributed by atoms with van der Waals surface area (Å²) < 4.78 is 0. The molecule has 0 bridgehead atoms. The number of hydrogen-bond donors (Lipinski definition) is 1. The third-order valence-corrected chi connectivity index (χ3v) is 1.78. The average Bonchev–Trinajstić information content (AvgIpc) is 1.86. The van der Waals surface area contributed by atoms with Gasteiger partial charge in [0.05, 0.1) is 6.10 Å². The van der Waals surface area contributed by atoms with E-state index in [1.807, 2.05) is 13.8 Å². The zero-order valence-corrected chi connectivity index (χ0v) is 7.04. The maximum Gasteiger partial charge on any atom is 0.0617 e. The number of aliphatic hydroxyl groups is 1. The van der Waals surface area contributed by atoms with E-state index in [2.05, 4.69) is 0 Å². The summed E-state index contributed by atoms with van der Waals surface area (Å²) in [5, 5.41) is 19.2. The van der Waals surface area contributed by atoms with Crippen LogP contribution in [0.3, 0.4) is 0 Å². The summed E-state index contributed by atoms with van der Waals surface area (Å²) in [4.78, 5) is 10.0. The van der Waals surface area contributed by atoms with Gasteiger partial charge in [-0.05, 0) is 12.3 Å². The molecule has 0 rings (SSSR count). The van der Waals surface area contributed by atoms with Crippen molar-refractivity contribution in [2.45, 2.75) is 39.2 Å². The molecule has 0 aliphatic heterocycles. The van der Waals surface area contributed by atoms with Gasteiger partial charge in [0.1, 0.15) is 0 Å². The van der Waals surface area contributed by atoms with E-state index in [9.17, 15) is 15.0 Å². The summed E-state index contributed by atoms with van der Waals surface area (Å²) in [7, 11) is 0. The Morgan fingerprint density at radius 1 is 1.64 bits per heavy atom. The fraction of sp³-hybridized carbons (Fsp3) is 0.875. The second kappa shape index (κ2) is 5.13. The third-order valence-electron chi connectivity index (χ3n) is 1.78. The molecule has 0 aromatic rings. The highest BCUT2D eigenvalue weighted by Gasteiger charge is 2.12. The Hall–Kier alpha value is -0.570. The van der Waals surface area contributed by atoms with E-state index in [1.165, 1.54) is 0 Å². The van der Waals surface area contributed by atoms with Crippen LogP contribution in [0.5, 0.6) is 0 Å². The van der Waals surface area contributed by atoms with Gasteiger partial charge in [0.2, 0.25) is 0 Å². The zero-order chi connectivity index (χ0) is 8.85. The number of carboxylic acids is 1. The highest BCUT2D eigenvalue weighted by atomic mass is 16.4. The lowest BCUT2D eigenvalue weighted by Crippen LogP contribution is -2.30. The standard InChI is InChI=1S/C8H16O3/c1-3-4-6(2)7(9)5-8(10)11/h6-7,9H,3-5H2,1-2H3,(H,10,11)/p-1. The van der Waals surface area contributed by atoms with Crippen molar-refractivity contribution in [1.82, 2.24) is 0 Å². The first kappa shape index (κ1) is 10.4. The SMILES string of the molecule is CCCC(C)C(O)CC(=O)[O-]. The minimum absolute atomic E-state index is 0.0536. The summed E-state index contributed by atoms with van der Waals surface area (Å²) in [6.45, 7) is 3.85. The normalized spacial score (nSPS) is 15.9. The molecule has 0 saturated heterocycles. The zero-order valence-electron chi connectivity index (χ0n) is 7.04. The van der Waals surface area contributed by atoms with Gasteiger partial charge in [-0.3, -0.25) is 0 Å². The maximum atomic E-state index is 10.0. The van der Waals surface area contributed by atoms with Crippen molar-refractivity contribution in [3.05, 3.63) is 0 Å².